The van der Waals surface area contributed by atoms with E-state index >= 15 is 0 Å². The highest BCUT2D eigenvalue weighted by molar-refractivity contribution is 5.95. The Kier molecular flexibility index (Phi) is 4.60. The van der Waals surface area contributed by atoms with E-state index < -0.39 is 0 Å². The van der Waals surface area contributed by atoms with E-state index in [1.807, 2.05) is 48.5 Å². The molecule has 0 heterocycles. The summed E-state index contributed by atoms with van der Waals surface area (Å²) in [5.41, 5.74) is 7.16. The van der Waals surface area contributed by atoms with Crippen LogP contribution in [0.5, 0.6) is 5.75 Å². The molecular weight excluding hydrogens is 252 g/mol. The molecule has 2 rings (SSSR count). The van der Waals surface area contributed by atoms with Crippen LogP contribution in [0.25, 0.3) is 0 Å². The second-order valence-corrected chi connectivity index (χ2v) is 4.42. The maximum absolute atomic E-state index is 12.1. The molecule has 0 fully saturated rings. The highest BCUT2D eigenvalue weighted by atomic mass is 16.5. The standard InChI is InChI=1S/C16H18N2O2/c1-18(15-10-6-5-9-14(15)17)16(19)11-12-20-13-7-3-2-4-8-13/h2-10H,11-12,17H2,1H3. The summed E-state index contributed by atoms with van der Waals surface area (Å²) in [6.07, 6.45) is 0.305. The lowest BCUT2D eigenvalue weighted by molar-refractivity contribution is -0.118. The summed E-state index contributed by atoms with van der Waals surface area (Å²) >= 11 is 0. The van der Waals surface area contributed by atoms with Crippen molar-refractivity contribution >= 4 is 17.3 Å². The third kappa shape index (κ3) is 3.51. The molecule has 20 heavy (non-hydrogen) atoms. The van der Waals surface area contributed by atoms with Gasteiger partial charge in [0.05, 0.1) is 24.4 Å². The molecular formula is C16H18N2O2. The summed E-state index contributed by atoms with van der Waals surface area (Å²) in [6.45, 7) is 0.347. The molecule has 1 amide bonds. The van der Waals surface area contributed by atoms with Crippen molar-refractivity contribution in [2.45, 2.75) is 6.42 Å². The zero-order chi connectivity index (χ0) is 14.4. The van der Waals surface area contributed by atoms with Gasteiger partial charge in [-0.3, -0.25) is 4.79 Å². The number of para-hydroxylation sites is 3. The van der Waals surface area contributed by atoms with Crippen LogP contribution in [-0.2, 0) is 4.79 Å². The third-order valence-corrected chi connectivity index (χ3v) is 3.00. The van der Waals surface area contributed by atoms with Crippen molar-refractivity contribution in [2.75, 3.05) is 24.3 Å². The van der Waals surface area contributed by atoms with Crippen LogP contribution in [0.15, 0.2) is 54.6 Å². The van der Waals surface area contributed by atoms with Gasteiger partial charge in [0.2, 0.25) is 5.91 Å². The summed E-state index contributed by atoms with van der Waals surface area (Å²) in [4.78, 5) is 13.6. The molecule has 2 aromatic carbocycles. The third-order valence-electron chi connectivity index (χ3n) is 3.00. The summed E-state index contributed by atoms with van der Waals surface area (Å²) < 4.78 is 5.51. The van der Waals surface area contributed by atoms with E-state index in [1.54, 1.807) is 18.0 Å². The minimum Gasteiger partial charge on any atom is -0.493 e. The number of amides is 1. The number of nitrogens with two attached hydrogens (primary N) is 1. The highest BCUT2D eigenvalue weighted by Gasteiger charge is 2.12. The predicted molar refractivity (Wildman–Crippen MR) is 80.8 cm³/mol. The molecule has 4 heteroatoms. The first-order chi connectivity index (χ1) is 9.68. The van der Waals surface area contributed by atoms with Crippen molar-refractivity contribution in [3.63, 3.8) is 0 Å². The minimum absolute atomic E-state index is 0.0289. The molecule has 104 valence electrons. The smallest absolute Gasteiger partial charge is 0.230 e. The Labute approximate surface area is 118 Å². The van der Waals surface area contributed by atoms with E-state index in [0.717, 1.165) is 11.4 Å². The van der Waals surface area contributed by atoms with Gasteiger partial charge in [-0.15, -0.1) is 0 Å². The molecule has 0 aliphatic rings. The maximum atomic E-state index is 12.1. The van der Waals surface area contributed by atoms with Crippen LogP contribution in [0.3, 0.4) is 0 Å². The summed E-state index contributed by atoms with van der Waals surface area (Å²) in [6, 6.07) is 16.7. The van der Waals surface area contributed by atoms with Gasteiger partial charge in [0, 0.05) is 7.05 Å². The molecule has 0 saturated carbocycles. The number of anilines is 2. The van der Waals surface area contributed by atoms with Crippen LogP contribution in [0.2, 0.25) is 0 Å². The molecule has 0 radical (unpaired) electrons. The molecule has 2 aromatic rings. The van der Waals surface area contributed by atoms with Crippen molar-refractivity contribution in [3.8, 4) is 5.75 Å². The Bertz CT molecular complexity index is 570. The van der Waals surface area contributed by atoms with Crippen molar-refractivity contribution in [1.82, 2.24) is 0 Å². The van der Waals surface area contributed by atoms with Gasteiger partial charge in [-0.25, -0.2) is 0 Å². The van der Waals surface area contributed by atoms with Crippen LogP contribution in [0.4, 0.5) is 11.4 Å². The average molecular weight is 270 g/mol. The molecule has 0 saturated heterocycles. The number of ether oxygens (including phenoxy) is 1. The van der Waals surface area contributed by atoms with Crippen molar-refractivity contribution in [3.05, 3.63) is 54.6 Å². The van der Waals surface area contributed by atoms with Gasteiger partial charge in [0.25, 0.3) is 0 Å². The molecule has 0 unspecified atom stereocenters. The largest absolute Gasteiger partial charge is 0.493 e. The summed E-state index contributed by atoms with van der Waals surface area (Å²) in [5, 5.41) is 0. The Morgan fingerprint density at radius 2 is 1.75 bits per heavy atom. The lowest BCUT2D eigenvalue weighted by Gasteiger charge is -2.19. The number of carbonyl (C=O) groups excluding carboxylic acids is 1. The van der Waals surface area contributed by atoms with Crippen molar-refractivity contribution in [2.24, 2.45) is 0 Å². The summed E-state index contributed by atoms with van der Waals surface area (Å²) in [5.74, 6) is 0.737. The van der Waals surface area contributed by atoms with E-state index in [2.05, 4.69) is 0 Å². The first-order valence-corrected chi connectivity index (χ1v) is 6.47. The molecule has 0 atom stereocenters. The second kappa shape index (κ2) is 6.61. The van der Waals surface area contributed by atoms with E-state index in [-0.39, 0.29) is 5.91 Å². The molecule has 0 aliphatic heterocycles. The average Bonchev–Trinajstić information content (AvgIpc) is 2.48. The Balaban J connectivity index is 1.87. The fourth-order valence-corrected chi connectivity index (χ4v) is 1.87. The van der Waals surface area contributed by atoms with E-state index in [9.17, 15) is 4.79 Å². The van der Waals surface area contributed by atoms with Gasteiger partial charge in [-0.1, -0.05) is 30.3 Å². The second-order valence-electron chi connectivity index (χ2n) is 4.42. The number of rotatable bonds is 5. The molecule has 4 nitrogen and oxygen atoms in total. The van der Waals surface area contributed by atoms with E-state index in [0.29, 0.717) is 18.7 Å². The van der Waals surface area contributed by atoms with Crippen LogP contribution in [0, 0.1) is 0 Å². The highest BCUT2D eigenvalue weighted by Crippen LogP contribution is 2.21. The monoisotopic (exact) mass is 270 g/mol. The van der Waals surface area contributed by atoms with Gasteiger partial charge in [0.1, 0.15) is 5.75 Å². The van der Waals surface area contributed by atoms with E-state index in [4.69, 9.17) is 10.5 Å². The maximum Gasteiger partial charge on any atom is 0.230 e. The fourth-order valence-electron chi connectivity index (χ4n) is 1.87. The SMILES string of the molecule is CN(C(=O)CCOc1ccccc1)c1ccccc1N. The van der Waals surface area contributed by atoms with Crippen LogP contribution < -0.4 is 15.4 Å². The van der Waals surface area contributed by atoms with Gasteiger partial charge in [0.15, 0.2) is 0 Å². The minimum atomic E-state index is -0.0289. The Morgan fingerprint density at radius 3 is 2.45 bits per heavy atom. The lowest BCUT2D eigenvalue weighted by atomic mass is 10.2. The quantitative estimate of drug-likeness (QED) is 0.850. The van der Waals surface area contributed by atoms with Crippen molar-refractivity contribution in [1.29, 1.82) is 0 Å². The number of carbonyl (C=O) groups is 1. The van der Waals surface area contributed by atoms with E-state index in [1.165, 1.54) is 0 Å². The predicted octanol–water partition coefficient (Wildman–Crippen LogP) is 2.70. The topological polar surface area (TPSA) is 55.6 Å². The Morgan fingerprint density at radius 1 is 1.10 bits per heavy atom. The zero-order valence-electron chi connectivity index (χ0n) is 11.5. The number of hydrogen-bond acceptors (Lipinski definition) is 3. The fraction of sp³-hybridized carbons (Fsp3) is 0.188. The molecule has 2 N–H and O–H groups in total. The normalized spacial score (nSPS) is 10.1. The molecule has 0 aliphatic carbocycles. The first kappa shape index (κ1) is 13.9. The zero-order valence-corrected chi connectivity index (χ0v) is 11.5. The first-order valence-electron chi connectivity index (χ1n) is 6.47. The lowest BCUT2D eigenvalue weighted by Crippen LogP contribution is -2.28. The summed E-state index contributed by atoms with van der Waals surface area (Å²) in [7, 11) is 1.72. The van der Waals surface area contributed by atoms with Crippen LogP contribution in [0.1, 0.15) is 6.42 Å². The number of benzene rings is 2. The number of hydrogen-bond donors (Lipinski definition) is 1. The van der Waals surface area contributed by atoms with Crippen molar-refractivity contribution < 1.29 is 9.53 Å². The number of nitrogen functional groups attached to an aromatic ring is 1. The van der Waals surface area contributed by atoms with Gasteiger partial charge in [-0.2, -0.15) is 0 Å². The van der Waals surface area contributed by atoms with Crippen LogP contribution >= 0.6 is 0 Å². The van der Waals surface area contributed by atoms with Gasteiger partial charge < -0.3 is 15.4 Å². The molecule has 0 aromatic heterocycles. The molecule has 0 spiro atoms. The van der Waals surface area contributed by atoms with Gasteiger partial charge >= 0.3 is 0 Å². The van der Waals surface area contributed by atoms with Gasteiger partial charge in [-0.05, 0) is 24.3 Å². The Hall–Kier alpha value is -2.49. The molecule has 0 bridgehead atoms. The number of nitrogens with zero attached hydrogens (tertiary/aromatic N) is 1. The van der Waals surface area contributed by atoms with Crippen LogP contribution in [-0.4, -0.2) is 19.6 Å².